The summed E-state index contributed by atoms with van der Waals surface area (Å²) in [5, 5.41) is 2.99. The highest BCUT2D eigenvalue weighted by Gasteiger charge is 2.31. The van der Waals surface area contributed by atoms with Crippen LogP contribution in [0.2, 0.25) is 5.02 Å². The molecule has 0 bridgehead atoms. The molecule has 19 heavy (non-hydrogen) atoms. The van der Waals surface area contributed by atoms with Gasteiger partial charge < -0.3 is 5.32 Å². The lowest BCUT2D eigenvalue weighted by molar-refractivity contribution is -0.137. The number of halogens is 4. The number of nitrogens with one attached hydrogen (secondary N) is 1. The van der Waals surface area contributed by atoms with Gasteiger partial charge in [0.25, 0.3) is 0 Å². The first kappa shape index (κ1) is 13.9. The van der Waals surface area contributed by atoms with E-state index in [1.165, 1.54) is 12.1 Å². The number of hydrogen-bond acceptors (Lipinski definition) is 2. The van der Waals surface area contributed by atoms with E-state index >= 15 is 0 Å². The Kier molecular flexibility index (Phi) is 3.85. The van der Waals surface area contributed by atoms with E-state index in [1.807, 2.05) is 0 Å². The Hall–Kier alpha value is -1.49. The van der Waals surface area contributed by atoms with Gasteiger partial charge in [0, 0.05) is 18.2 Å². The Morgan fingerprint density at radius 3 is 2.58 bits per heavy atom. The molecular weight excluding hydrogens is 279 g/mol. The van der Waals surface area contributed by atoms with E-state index in [-0.39, 0.29) is 16.5 Å². The summed E-state index contributed by atoms with van der Waals surface area (Å²) in [6.45, 7) is 0. The number of carbonyl (C=O) groups excluding carboxylic acids is 1. The van der Waals surface area contributed by atoms with Crippen LogP contribution in [-0.2, 0) is 11.0 Å². The minimum Gasteiger partial charge on any atom is -0.358 e. The second-order valence-corrected chi connectivity index (χ2v) is 4.71. The zero-order valence-corrected chi connectivity index (χ0v) is 10.6. The predicted molar refractivity (Wildman–Crippen MR) is 67.0 cm³/mol. The van der Waals surface area contributed by atoms with Crippen molar-refractivity contribution in [3.05, 3.63) is 40.6 Å². The molecule has 0 saturated carbocycles. The molecule has 0 fully saturated rings. The van der Waals surface area contributed by atoms with Gasteiger partial charge in [-0.25, -0.2) is 0 Å². The van der Waals surface area contributed by atoms with Gasteiger partial charge in [0.2, 0.25) is 0 Å². The molecule has 2 rings (SSSR count). The first-order valence-electron chi connectivity index (χ1n) is 5.73. The van der Waals surface area contributed by atoms with Crippen molar-refractivity contribution in [3.8, 4) is 0 Å². The highest BCUT2D eigenvalue weighted by atomic mass is 35.5. The fourth-order valence-corrected chi connectivity index (χ4v) is 2.03. The molecule has 1 aliphatic rings. The van der Waals surface area contributed by atoms with Gasteiger partial charge in [-0.1, -0.05) is 11.6 Å². The van der Waals surface area contributed by atoms with Crippen molar-refractivity contribution in [2.45, 2.75) is 25.4 Å². The lowest BCUT2D eigenvalue weighted by Gasteiger charge is -2.17. The number of carbonyl (C=O) groups is 1. The standard InChI is InChI=1S/C13H11ClF3NO/c14-11-5-4-8(13(15,16)17)6-12(11)18-9-2-1-3-10(19)7-9/h4-7,18H,1-3H2. The zero-order chi connectivity index (χ0) is 14.0. The van der Waals surface area contributed by atoms with Gasteiger partial charge in [0.15, 0.2) is 5.78 Å². The molecule has 1 aromatic carbocycles. The van der Waals surface area contributed by atoms with E-state index < -0.39 is 11.7 Å². The summed E-state index contributed by atoms with van der Waals surface area (Å²) in [4.78, 5) is 11.2. The van der Waals surface area contributed by atoms with Gasteiger partial charge in [-0.2, -0.15) is 13.2 Å². The Morgan fingerprint density at radius 1 is 1.21 bits per heavy atom. The Labute approximate surface area is 113 Å². The smallest absolute Gasteiger partial charge is 0.358 e. The minimum absolute atomic E-state index is 0.0307. The van der Waals surface area contributed by atoms with Crippen LogP contribution < -0.4 is 5.32 Å². The van der Waals surface area contributed by atoms with Gasteiger partial charge in [-0.05, 0) is 31.0 Å². The fraction of sp³-hybridized carbons (Fsp3) is 0.308. The third kappa shape index (κ3) is 3.50. The van der Waals surface area contributed by atoms with Gasteiger partial charge in [-0.15, -0.1) is 0 Å². The molecule has 6 heteroatoms. The number of hydrogen-bond donors (Lipinski definition) is 1. The van der Waals surface area contributed by atoms with Crippen LogP contribution in [0.15, 0.2) is 30.0 Å². The topological polar surface area (TPSA) is 29.1 Å². The average Bonchev–Trinajstić information content (AvgIpc) is 2.30. The molecule has 102 valence electrons. The maximum Gasteiger partial charge on any atom is 0.416 e. The first-order chi connectivity index (χ1) is 8.86. The van der Waals surface area contributed by atoms with Crippen LogP contribution in [0.1, 0.15) is 24.8 Å². The molecule has 0 aliphatic heterocycles. The SMILES string of the molecule is O=C1C=C(Nc2cc(C(F)(F)F)ccc2Cl)CCC1. The van der Waals surface area contributed by atoms with Crippen LogP contribution in [0.4, 0.5) is 18.9 Å². The van der Waals surface area contributed by atoms with Crippen LogP contribution in [0.25, 0.3) is 0 Å². The maximum atomic E-state index is 12.6. The zero-order valence-electron chi connectivity index (χ0n) is 9.85. The van der Waals surface area contributed by atoms with E-state index in [9.17, 15) is 18.0 Å². The molecule has 0 heterocycles. The quantitative estimate of drug-likeness (QED) is 0.874. The second-order valence-electron chi connectivity index (χ2n) is 4.31. The Bertz CT molecular complexity index is 537. The van der Waals surface area contributed by atoms with Crippen molar-refractivity contribution in [1.82, 2.24) is 0 Å². The van der Waals surface area contributed by atoms with Gasteiger partial charge >= 0.3 is 6.18 Å². The van der Waals surface area contributed by atoms with Crippen LogP contribution in [0.5, 0.6) is 0 Å². The number of benzene rings is 1. The van der Waals surface area contributed by atoms with E-state index in [0.717, 1.165) is 12.1 Å². The van der Waals surface area contributed by atoms with Crippen molar-refractivity contribution in [2.24, 2.45) is 0 Å². The number of anilines is 1. The first-order valence-corrected chi connectivity index (χ1v) is 6.11. The van der Waals surface area contributed by atoms with E-state index in [1.54, 1.807) is 0 Å². The van der Waals surface area contributed by atoms with Gasteiger partial charge in [0.1, 0.15) is 0 Å². The molecule has 1 aliphatic carbocycles. The molecular formula is C13H11ClF3NO. The Balaban J connectivity index is 2.27. The van der Waals surface area contributed by atoms with E-state index in [0.29, 0.717) is 25.0 Å². The third-order valence-corrected chi connectivity index (χ3v) is 3.12. The highest BCUT2D eigenvalue weighted by Crippen LogP contribution is 2.34. The molecule has 2 nitrogen and oxygen atoms in total. The monoisotopic (exact) mass is 289 g/mol. The van der Waals surface area contributed by atoms with Gasteiger partial charge in [-0.3, -0.25) is 4.79 Å². The molecule has 0 unspecified atom stereocenters. The normalized spacial score (nSPS) is 16.2. The lowest BCUT2D eigenvalue weighted by Crippen LogP contribution is -2.11. The average molecular weight is 290 g/mol. The number of allylic oxidation sites excluding steroid dienone is 2. The molecule has 0 spiro atoms. The second kappa shape index (κ2) is 5.25. The summed E-state index contributed by atoms with van der Waals surface area (Å²) in [6, 6.07) is 3.06. The molecule has 0 aromatic heterocycles. The molecule has 1 aromatic rings. The van der Waals surface area contributed by atoms with E-state index in [2.05, 4.69) is 5.32 Å². The molecule has 0 atom stereocenters. The number of rotatable bonds is 2. The summed E-state index contributed by atoms with van der Waals surface area (Å²) in [6.07, 6.45) is -1.22. The summed E-state index contributed by atoms with van der Waals surface area (Å²) in [5.41, 5.74) is -0.0166. The molecule has 0 radical (unpaired) electrons. The molecule has 0 amide bonds. The van der Waals surface area contributed by atoms with Crippen molar-refractivity contribution < 1.29 is 18.0 Å². The molecule has 1 N–H and O–H groups in total. The van der Waals surface area contributed by atoms with Crippen molar-refractivity contribution in [2.75, 3.05) is 5.32 Å². The van der Waals surface area contributed by atoms with Gasteiger partial charge in [0.05, 0.1) is 16.3 Å². The predicted octanol–water partition coefficient (Wildman–Crippen LogP) is 4.41. The molecule has 0 saturated heterocycles. The minimum atomic E-state index is -4.42. The maximum absolute atomic E-state index is 12.6. The van der Waals surface area contributed by atoms with Crippen LogP contribution in [0.3, 0.4) is 0 Å². The number of ketones is 1. The third-order valence-electron chi connectivity index (χ3n) is 2.79. The lowest BCUT2D eigenvalue weighted by atomic mass is 10.0. The van der Waals surface area contributed by atoms with Crippen molar-refractivity contribution >= 4 is 23.1 Å². The van der Waals surface area contributed by atoms with Crippen molar-refractivity contribution in [1.29, 1.82) is 0 Å². The van der Waals surface area contributed by atoms with Crippen molar-refractivity contribution in [3.63, 3.8) is 0 Å². The summed E-state index contributed by atoms with van der Waals surface area (Å²) in [5.74, 6) is -0.0307. The van der Waals surface area contributed by atoms with Crippen LogP contribution in [-0.4, -0.2) is 5.78 Å². The highest BCUT2D eigenvalue weighted by molar-refractivity contribution is 6.33. The number of alkyl halides is 3. The van der Waals surface area contributed by atoms with E-state index in [4.69, 9.17) is 11.6 Å². The fourth-order valence-electron chi connectivity index (χ4n) is 1.86. The summed E-state index contributed by atoms with van der Waals surface area (Å²) >= 11 is 5.86. The van der Waals surface area contributed by atoms with Crippen LogP contribution >= 0.6 is 11.6 Å². The summed E-state index contributed by atoms with van der Waals surface area (Å²) < 4.78 is 37.8. The van der Waals surface area contributed by atoms with Crippen LogP contribution in [0, 0.1) is 0 Å². The largest absolute Gasteiger partial charge is 0.416 e. The Morgan fingerprint density at radius 2 is 1.95 bits per heavy atom. The summed E-state index contributed by atoms with van der Waals surface area (Å²) in [7, 11) is 0.